The molecule has 0 radical (unpaired) electrons. The van der Waals surface area contributed by atoms with Crippen LogP contribution in [0, 0.1) is 12.8 Å². The van der Waals surface area contributed by atoms with Crippen molar-refractivity contribution in [1.82, 2.24) is 20.4 Å². The standard InChI is InChI=1S/C18H20N4O3/c1-11-20-18(25-22-11)16(13-5-8-24-9-6-13)21-17(23)14-3-2-12-4-7-19-15(12)10-14/h2-4,7,10,13,16,19H,5-6,8-9H2,1H3,(H,21,23). The number of carbonyl (C=O) groups is 1. The minimum absolute atomic E-state index is 0.149. The molecule has 7 nitrogen and oxygen atoms in total. The van der Waals surface area contributed by atoms with Crippen LogP contribution >= 0.6 is 0 Å². The second kappa shape index (κ2) is 6.68. The summed E-state index contributed by atoms with van der Waals surface area (Å²) >= 11 is 0. The van der Waals surface area contributed by atoms with Crippen LogP contribution in [0.2, 0.25) is 0 Å². The number of hydrogen-bond acceptors (Lipinski definition) is 5. The number of nitrogens with zero attached hydrogens (tertiary/aromatic N) is 2. The molecule has 2 aromatic heterocycles. The van der Waals surface area contributed by atoms with Crippen molar-refractivity contribution in [3.8, 4) is 0 Å². The summed E-state index contributed by atoms with van der Waals surface area (Å²) in [5.74, 6) is 1.09. The van der Waals surface area contributed by atoms with Gasteiger partial charge in [-0.05, 0) is 49.3 Å². The maximum absolute atomic E-state index is 12.8. The van der Waals surface area contributed by atoms with E-state index in [0.29, 0.717) is 30.5 Å². The number of hydrogen-bond donors (Lipinski definition) is 2. The lowest BCUT2D eigenvalue weighted by Crippen LogP contribution is -2.36. The van der Waals surface area contributed by atoms with E-state index in [9.17, 15) is 4.79 Å². The largest absolute Gasteiger partial charge is 0.381 e. The summed E-state index contributed by atoms with van der Waals surface area (Å²) in [7, 11) is 0. The molecule has 0 aliphatic carbocycles. The van der Waals surface area contributed by atoms with Gasteiger partial charge < -0.3 is 19.6 Å². The Kier molecular flexibility index (Phi) is 4.23. The predicted octanol–water partition coefficient (Wildman–Crippen LogP) is 2.76. The van der Waals surface area contributed by atoms with Crippen LogP contribution in [0.4, 0.5) is 0 Å². The van der Waals surface area contributed by atoms with Crippen molar-refractivity contribution in [1.29, 1.82) is 0 Å². The first-order chi connectivity index (χ1) is 12.2. The maximum atomic E-state index is 12.8. The molecule has 25 heavy (non-hydrogen) atoms. The lowest BCUT2D eigenvalue weighted by molar-refractivity contribution is 0.0468. The second-order valence-electron chi connectivity index (χ2n) is 6.36. The van der Waals surface area contributed by atoms with Crippen molar-refractivity contribution >= 4 is 16.8 Å². The first-order valence-electron chi connectivity index (χ1n) is 8.46. The Labute approximate surface area is 144 Å². The van der Waals surface area contributed by atoms with Gasteiger partial charge in [0.15, 0.2) is 5.82 Å². The minimum atomic E-state index is -0.308. The molecule has 0 saturated carbocycles. The van der Waals surface area contributed by atoms with Gasteiger partial charge in [-0.25, -0.2) is 0 Å². The van der Waals surface area contributed by atoms with Crippen molar-refractivity contribution in [2.24, 2.45) is 5.92 Å². The van der Waals surface area contributed by atoms with Gasteiger partial charge in [0.1, 0.15) is 6.04 Å². The number of nitrogens with one attached hydrogen (secondary N) is 2. The number of aromatic amines is 1. The Morgan fingerprint density at radius 1 is 1.32 bits per heavy atom. The van der Waals surface area contributed by atoms with E-state index in [1.807, 2.05) is 30.5 Å². The summed E-state index contributed by atoms with van der Waals surface area (Å²) < 4.78 is 10.8. The normalized spacial score (nSPS) is 16.8. The minimum Gasteiger partial charge on any atom is -0.381 e. The molecule has 130 valence electrons. The lowest BCUT2D eigenvalue weighted by Gasteiger charge is -2.28. The highest BCUT2D eigenvalue weighted by Crippen LogP contribution is 2.29. The number of aromatic nitrogens is 3. The first kappa shape index (κ1) is 15.8. The summed E-state index contributed by atoms with van der Waals surface area (Å²) in [5, 5.41) is 8.03. The summed E-state index contributed by atoms with van der Waals surface area (Å²) in [6.45, 7) is 3.13. The van der Waals surface area contributed by atoms with Crippen molar-refractivity contribution < 1.29 is 14.1 Å². The lowest BCUT2D eigenvalue weighted by atomic mass is 9.91. The van der Waals surface area contributed by atoms with Crippen LogP contribution < -0.4 is 5.32 Å². The number of ether oxygens (including phenoxy) is 1. The van der Waals surface area contributed by atoms with Crippen LogP contribution in [-0.4, -0.2) is 34.2 Å². The van der Waals surface area contributed by atoms with Crippen molar-refractivity contribution in [2.75, 3.05) is 13.2 Å². The Morgan fingerprint density at radius 3 is 2.92 bits per heavy atom. The quantitative estimate of drug-likeness (QED) is 0.762. The number of amides is 1. The van der Waals surface area contributed by atoms with Gasteiger partial charge in [-0.1, -0.05) is 11.2 Å². The van der Waals surface area contributed by atoms with E-state index in [1.54, 1.807) is 6.92 Å². The zero-order chi connectivity index (χ0) is 17.2. The molecule has 1 aliphatic rings. The molecule has 1 fully saturated rings. The zero-order valence-corrected chi connectivity index (χ0v) is 14.0. The number of H-pyrrole nitrogens is 1. The smallest absolute Gasteiger partial charge is 0.252 e. The molecule has 2 N–H and O–H groups in total. The van der Waals surface area contributed by atoms with Gasteiger partial charge in [-0.15, -0.1) is 0 Å². The maximum Gasteiger partial charge on any atom is 0.252 e. The molecule has 1 aromatic carbocycles. The average Bonchev–Trinajstić information content (AvgIpc) is 3.28. The summed E-state index contributed by atoms with van der Waals surface area (Å²) in [4.78, 5) is 20.3. The third-order valence-corrected chi connectivity index (χ3v) is 4.65. The van der Waals surface area contributed by atoms with E-state index >= 15 is 0 Å². The van der Waals surface area contributed by atoms with Gasteiger partial charge in [0.25, 0.3) is 5.91 Å². The fourth-order valence-corrected chi connectivity index (χ4v) is 3.28. The van der Waals surface area contributed by atoms with Crippen molar-refractivity contribution in [3.63, 3.8) is 0 Å². The van der Waals surface area contributed by atoms with Crippen LogP contribution in [-0.2, 0) is 4.74 Å². The molecule has 1 amide bonds. The zero-order valence-electron chi connectivity index (χ0n) is 14.0. The Hall–Kier alpha value is -2.67. The molecule has 1 atom stereocenters. The third kappa shape index (κ3) is 3.28. The van der Waals surface area contributed by atoms with Gasteiger partial charge in [-0.2, -0.15) is 4.98 Å². The number of carbonyl (C=O) groups excluding carboxylic acids is 1. The fraction of sp³-hybridized carbons (Fsp3) is 0.389. The Bertz CT molecular complexity index is 879. The molecule has 0 spiro atoms. The highest BCUT2D eigenvalue weighted by atomic mass is 16.5. The van der Waals surface area contributed by atoms with Gasteiger partial charge in [0.05, 0.1) is 0 Å². The van der Waals surface area contributed by atoms with Crippen LogP contribution in [0.25, 0.3) is 10.9 Å². The SMILES string of the molecule is Cc1noc(C(NC(=O)c2ccc3cc[nH]c3c2)C2CCOCC2)n1. The van der Waals surface area contributed by atoms with E-state index in [4.69, 9.17) is 9.26 Å². The Morgan fingerprint density at radius 2 is 2.16 bits per heavy atom. The van der Waals surface area contributed by atoms with E-state index in [-0.39, 0.29) is 17.9 Å². The van der Waals surface area contributed by atoms with Crippen LogP contribution in [0.15, 0.2) is 35.0 Å². The fourth-order valence-electron chi connectivity index (χ4n) is 3.28. The molecule has 1 unspecified atom stereocenters. The van der Waals surface area contributed by atoms with E-state index in [0.717, 1.165) is 23.7 Å². The second-order valence-corrected chi connectivity index (χ2v) is 6.36. The number of benzene rings is 1. The summed E-state index contributed by atoms with van der Waals surface area (Å²) in [5.41, 5.74) is 1.53. The summed E-state index contributed by atoms with van der Waals surface area (Å²) in [6, 6.07) is 7.28. The topological polar surface area (TPSA) is 93.0 Å². The van der Waals surface area contributed by atoms with E-state index < -0.39 is 0 Å². The summed E-state index contributed by atoms with van der Waals surface area (Å²) in [6.07, 6.45) is 3.56. The van der Waals surface area contributed by atoms with Crippen molar-refractivity contribution in [3.05, 3.63) is 47.7 Å². The molecule has 4 rings (SSSR count). The first-order valence-corrected chi connectivity index (χ1v) is 8.46. The van der Waals surface area contributed by atoms with E-state index in [1.165, 1.54) is 0 Å². The molecular formula is C18H20N4O3. The number of fused-ring (bicyclic) bond motifs is 1. The van der Waals surface area contributed by atoms with Crippen LogP contribution in [0.3, 0.4) is 0 Å². The van der Waals surface area contributed by atoms with Crippen molar-refractivity contribution in [2.45, 2.75) is 25.8 Å². The van der Waals surface area contributed by atoms with Gasteiger partial charge in [0.2, 0.25) is 5.89 Å². The van der Waals surface area contributed by atoms with E-state index in [2.05, 4.69) is 20.4 Å². The monoisotopic (exact) mass is 340 g/mol. The highest BCUT2D eigenvalue weighted by molar-refractivity contribution is 5.98. The predicted molar refractivity (Wildman–Crippen MR) is 91.1 cm³/mol. The molecule has 3 aromatic rings. The van der Waals surface area contributed by atoms with Crippen LogP contribution in [0.1, 0.15) is 41.0 Å². The molecule has 7 heteroatoms. The van der Waals surface area contributed by atoms with Gasteiger partial charge >= 0.3 is 0 Å². The molecular weight excluding hydrogens is 320 g/mol. The molecule has 3 heterocycles. The molecule has 0 bridgehead atoms. The molecule has 1 saturated heterocycles. The third-order valence-electron chi connectivity index (χ3n) is 4.65. The van der Waals surface area contributed by atoms with Gasteiger partial charge in [0, 0.05) is 30.5 Å². The van der Waals surface area contributed by atoms with Gasteiger partial charge in [-0.3, -0.25) is 4.79 Å². The average molecular weight is 340 g/mol. The number of rotatable bonds is 4. The Balaban J connectivity index is 1.59. The number of aryl methyl sites for hydroxylation is 1. The highest BCUT2D eigenvalue weighted by Gasteiger charge is 2.31. The van der Waals surface area contributed by atoms with Crippen LogP contribution in [0.5, 0.6) is 0 Å². The molecule has 1 aliphatic heterocycles.